The van der Waals surface area contributed by atoms with Gasteiger partial charge in [-0.1, -0.05) is 0 Å². The second kappa shape index (κ2) is 5.09. The largest absolute Gasteiger partial charge is 0.504 e. The molecule has 104 valence electrons. The summed E-state index contributed by atoms with van der Waals surface area (Å²) in [5.41, 5.74) is 2.86. The van der Waals surface area contributed by atoms with Crippen LogP contribution in [-0.2, 0) is 4.79 Å². The fraction of sp³-hybridized carbons (Fsp3) is 0.500. The number of hydrogen-bond acceptors (Lipinski definition) is 4. The standard InChI is InChI=1S/C14H19NO4/c1-7-8(2)13(19-3)12(16)5-10(7)11-4-9(6-15-11)14(17)18/h5,9,11,15-16H,4,6H2,1-3H3,(H,17,18). The van der Waals surface area contributed by atoms with E-state index in [1.807, 2.05) is 13.8 Å². The number of phenolic OH excluding ortho intramolecular Hbond substituents is 1. The lowest BCUT2D eigenvalue weighted by molar-refractivity contribution is -0.141. The van der Waals surface area contributed by atoms with Gasteiger partial charge in [0.15, 0.2) is 11.5 Å². The zero-order valence-corrected chi connectivity index (χ0v) is 11.4. The van der Waals surface area contributed by atoms with Crippen molar-refractivity contribution in [2.75, 3.05) is 13.7 Å². The quantitative estimate of drug-likeness (QED) is 0.776. The molecule has 2 atom stereocenters. The third-order valence-electron chi connectivity index (χ3n) is 3.92. The van der Waals surface area contributed by atoms with Crippen LogP contribution in [0.25, 0.3) is 0 Å². The Morgan fingerprint density at radius 3 is 2.63 bits per heavy atom. The highest BCUT2D eigenvalue weighted by atomic mass is 16.5. The summed E-state index contributed by atoms with van der Waals surface area (Å²) < 4.78 is 5.17. The number of carboxylic acid groups (broad SMARTS) is 1. The van der Waals surface area contributed by atoms with Crippen LogP contribution in [0.15, 0.2) is 6.07 Å². The first kappa shape index (κ1) is 13.7. The van der Waals surface area contributed by atoms with Crippen molar-refractivity contribution in [2.45, 2.75) is 26.3 Å². The first-order chi connectivity index (χ1) is 8.95. The number of benzene rings is 1. The van der Waals surface area contributed by atoms with Crippen LogP contribution >= 0.6 is 0 Å². The molecule has 1 aromatic rings. The molecule has 0 amide bonds. The highest BCUT2D eigenvalue weighted by molar-refractivity contribution is 5.71. The zero-order chi connectivity index (χ0) is 14.2. The molecule has 0 radical (unpaired) electrons. The maximum Gasteiger partial charge on any atom is 0.307 e. The van der Waals surface area contributed by atoms with Gasteiger partial charge in [-0.05, 0) is 43.0 Å². The van der Waals surface area contributed by atoms with E-state index in [4.69, 9.17) is 9.84 Å². The number of carbonyl (C=O) groups is 1. The average molecular weight is 265 g/mol. The highest BCUT2D eigenvalue weighted by Crippen LogP contribution is 2.39. The van der Waals surface area contributed by atoms with Crippen LogP contribution in [0.5, 0.6) is 11.5 Å². The van der Waals surface area contributed by atoms with Crippen LogP contribution < -0.4 is 10.1 Å². The number of hydrogen-bond donors (Lipinski definition) is 3. The van der Waals surface area contributed by atoms with Crippen LogP contribution in [0.1, 0.15) is 29.2 Å². The van der Waals surface area contributed by atoms with Crippen LogP contribution in [0.3, 0.4) is 0 Å². The normalized spacial score (nSPS) is 22.5. The van der Waals surface area contributed by atoms with Gasteiger partial charge in [0.05, 0.1) is 13.0 Å². The molecule has 19 heavy (non-hydrogen) atoms. The number of aromatic hydroxyl groups is 1. The molecule has 0 bridgehead atoms. The van der Waals surface area contributed by atoms with Crippen molar-refractivity contribution in [1.29, 1.82) is 0 Å². The maximum absolute atomic E-state index is 11.0. The Balaban J connectivity index is 2.34. The summed E-state index contributed by atoms with van der Waals surface area (Å²) >= 11 is 0. The summed E-state index contributed by atoms with van der Waals surface area (Å²) in [5, 5.41) is 22.2. The van der Waals surface area contributed by atoms with E-state index in [0.29, 0.717) is 18.7 Å². The Morgan fingerprint density at radius 2 is 2.11 bits per heavy atom. The van der Waals surface area contributed by atoms with E-state index in [1.54, 1.807) is 6.07 Å². The molecule has 1 aromatic carbocycles. The van der Waals surface area contributed by atoms with Crippen molar-refractivity contribution in [2.24, 2.45) is 5.92 Å². The molecule has 3 N–H and O–H groups in total. The Labute approximate surface area is 112 Å². The Hall–Kier alpha value is -1.75. The van der Waals surface area contributed by atoms with Crippen LogP contribution in [-0.4, -0.2) is 29.8 Å². The Kier molecular flexibility index (Phi) is 3.66. The summed E-state index contributed by atoms with van der Waals surface area (Å²) in [6, 6.07) is 1.64. The molecule has 1 aliphatic rings. The van der Waals surface area contributed by atoms with Gasteiger partial charge in [0.25, 0.3) is 0 Å². The fourth-order valence-corrected chi connectivity index (χ4v) is 2.68. The minimum Gasteiger partial charge on any atom is -0.504 e. The first-order valence-electron chi connectivity index (χ1n) is 6.29. The number of methoxy groups -OCH3 is 1. The van der Waals surface area contributed by atoms with Crippen LogP contribution in [0.4, 0.5) is 0 Å². The van der Waals surface area contributed by atoms with Gasteiger partial charge in [-0.15, -0.1) is 0 Å². The molecule has 0 aliphatic carbocycles. The van der Waals surface area contributed by atoms with Crippen molar-refractivity contribution in [3.05, 3.63) is 22.8 Å². The topological polar surface area (TPSA) is 78.8 Å². The third-order valence-corrected chi connectivity index (χ3v) is 3.92. The lowest BCUT2D eigenvalue weighted by Crippen LogP contribution is -2.17. The number of phenols is 1. The highest BCUT2D eigenvalue weighted by Gasteiger charge is 2.31. The van der Waals surface area contributed by atoms with E-state index in [1.165, 1.54) is 7.11 Å². The molecule has 2 rings (SSSR count). The molecule has 1 heterocycles. The molecular weight excluding hydrogens is 246 g/mol. The zero-order valence-electron chi connectivity index (χ0n) is 11.4. The second-order valence-electron chi connectivity index (χ2n) is 5.00. The lowest BCUT2D eigenvalue weighted by Gasteiger charge is -2.19. The molecule has 0 aromatic heterocycles. The Bertz CT molecular complexity index is 513. The van der Waals surface area contributed by atoms with Gasteiger partial charge in [-0.3, -0.25) is 4.79 Å². The molecule has 1 fully saturated rings. The van der Waals surface area contributed by atoms with Gasteiger partial charge in [-0.2, -0.15) is 0 Å². The summed E-state index contributed by atoms with van der Waals surface area (Å²) in [7, 11) is 1.52. The lowest BCUT2D eigenvalue weighted by atomic mass is 9.93. The molecule has 0 saturated carbocycles. The predicted molar refractivity (Wildman–Crippen MR) is 70.6 cm³/mol. The van der Waals surface area contributed by atoms with Gasteiger partial charge in [0.1, 0.15) is 0 Å². The van der Waals surface area contributed by atoms with Gasteiger partial charge in [0.2, 0.25) is 0 Å². The van der Waals surface area contributed by atoms with Gasteiger partial charge >= 0.3 is 5.97 Å². The van der Waals surface area contributed by atoms with E-state index in [-0.39, 0.29) is 17.7 Å². The SMILES string of the molecule is COc1c(O)cc(C2CC(C(=O)O)CN2)c(C)c1C. The van der Waals surface area contributed by atoms with E-state index >= 15 is 0 Å². The molecule has 5 nitrogen and oxygen atoms in total. The van der Waals surface area contributed by atoms with Crippen molar-refractivity contribution in [3.63, 3.8) is 0 Å². The number of aliphatic carboxylic acids is 1. The van der Waals surface area contributed by atoms with Crippen molar-refractivity contribution in [3.8, 4) is 11.5 Å². The fourth-order valence-electron chi connectivity index (χ4n) is 2.68. The van der Waals surface area contributed by atoms with Crippen LogP contribution in [0, 0.1) is 19.8 Å². The molecule has 2 unspecified atom stereocenters. The summed E-state index contributed by atoms with van der Waals surface area (Å²) in [4.78, 5) is 11.0. The third kappa shape index (κ3) is 2.38. The minimum absolute atomic E-state index is 0.0309. The van der Waals surface area contributed by atoms with E-state index in [0.717, 1.165) is 16.7 Å². The molecule has 1 aliphatic heterocycles. The van der Waals surface area contributed by atoms with E-state index < -0.39 is 5.97 Å². The second-order valence-corrected chi connectivity index (χ2v) is 5.00. The van der Waals surface area contributed by atoms with Crippen molar-refractivity contribution in [1.82, 2.24) is 5.32 Å². The smallest absolute Gasteiger partial charge is 0.307 e. The van der Waals surface area contributed by atoms with Gasteiger partial charge in [-0.25, -0.2) is 0 Å². The van der Waals surface area contributed by atoms with Crippen molar-refractivity contribution >= 4 is 5.97 Å². The summed E-state index contributed by atoms with van der Waals surface area (Å²) in [6.45, 7) is 4.31. The van der Waals surface area contributed by atoms with E-state index in [2.05, 4.69) is 5.32 Å². The average Bonchev–Trinajstić information content (AvgIpc) is 2.84. The van der Waals surface area contributed by atoms with Crippen molar-refractivity contribution < 1.29 is 19.7 Å². The maximum atomic E-state index is 11.0. The number of carboxylic acids is 1. The molecule has 1 saturated heterocycles. The first-order valence-corrected chi connectivity index (χ1v) is 6.29. The van der Waals surface area contributed by atoms with Crippen LogP contribution in [0.2, 0.25) is 0 Å². The predicted octanol–water partition coefficient (Wildman–Crippen LogP) is 1.75. The molecular formula is C14H19NO4. The van der Waals surface area contributed by atoms with Gasteiger partial charge in [0, 0.05) is 12.6 Å². The summed E-state index contributed by atoms with van der Waals surface area (Å²) in [6.07, 6.45) is 0.543. The number of ether oxygens (including phenoxy) is 1. The number of rotatable bonds is 3. The molecule has 5 heteroatoms. The van der Waals surface area contributed by atoms with Gasteiger partial charge < -0.3 is 20.3 Å². The Morgan fingerprint density at radius 1 is 1.42 bits per heavy atom. The monoisotopic (exact) mass is 265 g/mol. The molecule has 0 spiro atoms. The minimum atomic E-state index is -0.776. The van der Waals surface area contributed by atoms with E-state index in [9.17, 15) is 9.90 Å². The number of nitrogens with one attached hydrogen (secondary N) is 1. The summed E-state index contributed by atoms with van der Waals surface area (Å²) in [5.74, 6) is -0.564.